The van der Waals surface area contributed by atoms with Crippen LogP contribution in [-0.2, 0) is 24.0 Å². The van der Waals surface area contributed by atoms with Gasteiger partial charge in [-0.2, -0.15) is 0 Å². The third kappa shape index (κ3) is 2.53. The van der Waals surface area contributed by atoms with E-state index in [0.29, 0.717) is 24.7 Å². The van der Waals surface area contributed by atoms with Crippen molar-refractivity contribution in [2.45, 2.75) is 38.1 Å². The fourth-order valence-corrected chi connectivity index (χ4v) is 4.46. The molecule has 1 aliphatic carbocycles. The van der Waals surface area contributed by atoms with Gasteiger partial charge in [-0.1, -0.05) is 23.8 Å². The SMILES string of the molecule is Cc1ccc2c(c1)CC(Cc1ncc(C(=O)N3CCC34COC4)cn1)C2. The Labute approximate surface area is 153 Å². The van der Waals surface area contributed by atoms with Crippen LogP contribution in [-0.4, -0.2) is 46.1 Å². The lowest BCUT2D eigenvalue weighted by Crippen LogP contribution is -2.72. The average molecular weight is 349 g/mol. The zero-order chi connectivity index (χ0) is 17.7. The molecular formula is C21H23N3O2. The summed E-state index contributed by atoms with van der Waals surface area (Å²) >= 11 is 0. The number of rotatable bonds is 3. The molecule has 0 bridgehead atoms. The van der Waals surface area contributed by atoms with Crippen molar-refractivity contribution in [3.05, 3.63) is 58.7 Å². The second-order valence-corrected chi connectivity index (χ2v) is 8.06. The third-order valence-electron chi connectivity index (χ3n) is 6.16. The van der Waals surface area contributed by atoms with E-state index in [2.05, 4.69) is 35.1 Å². The number of likely N-dealkylation sites (tertiary alicyclic amines) is 1. The summed E-state index contributed by atoms with van der Waals surface area (Å²) in [7, 11) is 0. The van der Waals surface area contributed by atoms with Crippen LogP contribution in [0, 0.1) is 12.8 Å². The standard InChI is InChI=1S/C21H23N3O2/c1-14-2-3-16-7-15(8-17(16)6-14)9-19-22-10-18(11-23-19)20(25)24-5-4-21(24)12-26-13-21/h2-3,6,10-11,15H,4-5,7-9,12-13H2,1H3. The van der Waals surface area contributed by atoms with Crippen molar-refractivity contribution in [1.29, 1.82) is 0 Å². The van der Waals surface area contributed by atoms with E-state index in [9.17, 15) is 4.79 Å². The van der Waals surface area contributed by atoms with Crippen molar-refractivity contribution < 1.29 is 9.53 Å². The van der Waals surface area contributed by atoms with E-state index in [4.69, 9.17) is 4.74 Å². The first-order valence-corrected chi connectivity index (χ1v) is 9.42. The van der Waals surface area contributed by atoms with Crippen molar-refractivity contribution in [2.75, 3.05) is 19.8 Å². The minimum Gasteiger partial charge on any atom is -0.376 e. The molecule has 5 heteroatoms. The van der Waals surface area contributed by atoms with Crippen LogP contribution in [0.1, 0.15) is 39.3 Å². The zero-order valence-corrected chi connectivity index (χ0v) is 15.1. The highest BCUT2D eigenvalue weighted by Gasteiger charge is 2.53. The molecular weight excluding hydrogens is 326 g/mol. The Morgan fingerprint density at radius 2 is 2.00 bits per heavy atom. The molecule has 0 N–H and O–H groups in total. The van der Waals surface area contributed by atoms with E-state index < -0.39 is 0 Å². The molecule has 134 valence electrons. The summed E-state index contributed by atoms with van der Waals surface area (Å²) < 4.78 is 5.30. The first-order valence-electron chi connectivity index (χ1n) is 9.42. The highest BCUT2D eigenvalue weighted by molar-refractivity contribution is 5.94. The summed E-state index contributed by atoms with van der Waals surface area (Å²) in [5.74, 6) is 1.43. The first kappa shape index (κ1) is 15.9. The average Bonchev–Trinajstić information content (AvgIpc) is 2.94. The summed E-state index contributed by atoms with van der Waals surface area (Å²) in [6, 6.07) is 6.74. The molecule has 0 saturated carbocycles. The highest BCUT2D eigenvalue weighted by Crippen LogP contribution is 2.38. The van der Waals surface area contributed by atoms with Crippen LogP contribution in [0.4, 0.5) is 0 Å². The number of benzene rings is 1. The second-order valence-electron chi connectivity index (χ2n) is 8.06. The number of hydrogen-bond donors (Lipinski definition) is 0. The molecule has 5 rings (SSSR count). The monoisotopic (exact) mass is 349 g/mol. The Bertz CT molecular complexity index is 853. The van der Waals surface area contributed by atoms with Gasteiger partial charge in [-0.05, 0) is 43.2 Å². The van der Waals surface area contributed by atoms with Crippen LogP contribution in [0.3, 0.4) is 0 Å². The maximum absolute atomic E-state index is 12.7. The minimum atomic E-state index is -0.0382. The van der Waals surface area contributed by atoms with E-state index in [1.54, 1.807) is 12.4 Å². The summed E-state index contributed by atoms with van der Waals surface area (Å²) in [5, 5.41) is 0. The Morgan fingerprint density at radius 3 is 2.65 bits per heavy atom. The summed E-state index contributed by atoms with van der Waals surface area (Å²) in [6.45, 7) is 4.28. The van der Waals surface area contributed by atoms with E-state index in [1.165, 1.54) is 16.7 Å². The predicted molar refractivity (Wildman–Crippen MR) is 97.0 cm³/mol. The van der Waals surface area contributed by atoms with Gasteiger partial charge in [-0.15, -0.1) is 0 Å². The normalized spacial score (nSPS) is 22.7. The van der Waals surface area contributed by atoms with Crippen LogP contribution in [0.25, 0.3) is 0 Å². The molecule has 0 radical (unpaired) electrons. The molecule has 3 heterocycles. The van der Waals surface area contributed by atoms with Crippen LogP contribution in [0.15, 0.2) is 30.6 Å². The first-order chi connectivity index (χ1) is 12.6. The van der Waals surface area contributed by atoms with Gasteiger partial charge in [-0.3, -0.25) is 4.79 Å². The van der Waals surface area contributed by atoms with Crippen LogP contribution in [0.5, 0.6) is 0 Å². The maximum Gasteiger partial charge on any atom is 0.257 e. The van der Waals surface area contributed by atoms with Gasteiger partial charge >= 0.3 is 0 Å². The Balaban J connectivity index is 1.24. The molecule has 1 aromatic carbocycles. The lowest BCUT2D eigenvalue weighted by Gasteiger charge is -2.57. The molecule has 5 nitrogen and oxygen atoms in total. The predicted octanol–water partition coefficient (Wildman–Crippen LogP) is 2.36. The van der Waals surface area contributed by atoms with Crippen LogP contribution in [0.2, 0.25) is 0 Å². The van der Waals surface area contributed by atoms with Crippen molar-refractivity contribution in [3.63, 3.8) is 0 Å². The topological polar surface area (TPSA) is 55.3 Å². The lowest BCUT2D eigenvalue weighted by molar-refractivity contribution is -0.172. The largest absolute Gasteiger partial charge is 0.376 e. The number of aromatic nitrogens is 2. The molecule has 1 aromatic heterocycles. The van der Waals surface area contributed by atoms with Gasteiger partial charge in [0.1, 0.15) is 5.82 Å². The Hall–Kier alpha value is -2.27. The molecule has 1 amide bonds. The molecule has 26 heavy (non-hydrogen) atoms. The van der Waals surface area contributed by atoms with Gasteiger partial charge in [0, 0.05) is 25.4 Å². The smallest absolute Gasteiger partial charge is 0.257 e. The Kier molecular flexibility index (Phi) is 3.60. The van der Waals surface area contributed by atoms with Crippen molar-refractivity contribution in [1.82, 2.24) is 14.9 Å². The molecule has 2 saturated heterocycles. The second kappa shape index (κ2) is 5.88. The third-order valence-corrected chi connectivity index (χ3v) is 6.16. The lowest BCUT2D eigenvalue weighted by atomic mass is 9.82. The van der Waals surface area contributed by atoms with Gasteiger partial charge in [0.2, 0.25) is 0 Å². The number of carbonyl (C=O) groups excluding carboxylic acids is 1. The summed E-state index contributed by atoms with van der Waals surface area (Å²) in [4.78, 5) is 23.6. The molecule has 2 aromatic rings. The van der Waals surface area contributed by atoms with E-state index in [1.807, 2.05) is 4.90 Å². The number of nitrogens with zero attached hydrogens (tertiary/aromatic N) is 3. The van der Waals surface area contributed by atoms with Crippen LogP contribution < -0.4 is 0 Å². The summed E-state index contributed by atoms with van der Waals surface area (Å²) in [6.07, 6.45) is 7.49. The summed E-state index contributed by atoms with van der Waals surface area (Å²) in [5.41, 5.74) is 4.80. The molecule has 1 spiro atoms. The van der Waals surface area contributed by atoms with Gasteiger partial charge < -0.3 is 9.64 Å². The number of hydrogen-bond acceptors (Lipinski definition) is 4. The van der Waals surface area contributed by atoms with E-state index in [-0.39, 0.29) is 11.4 Å². The maximum atomic E-state index is 12.7. The van der Waals surface area contributed by atoms with Crippen molar-refractivity contribution in [2.24, 2.45) is 5.92 Å². The molecule has 1 atom stereocenters. The zero-order valence-electron chi connectivity index (χ0n) is 15.1. The molecule has 1 unspecified atom stereocenters. The molecule has 2 aliphatic heterocycles. The molecule has 3 aliphatic rings. The van der Waals surface area contributed by atoms with Crippen molar-refractivity contribution >= 4 is 5.91 Å². The number of amides is 1. The van der Waals surface area contributed by atoms with Gasteiger partial charge in [0.05, 0.1) is 24.3 Å². The highest BCUT2D eigenvalue weighted by atomic mass is 16.5. The van der Waals surface area contributed by atoms with E-state index >= 15 is 0 Å². The van der Waals surface area contributed by atoms with Crippen molar-refractivity contribution in [3.8, 4) is 0 Å². The Morgan fingerprint density at radius 1 is 1.23 bits per heavy atom. The number of fused-ring (bicyclic) bond motifs is 1. The van der Waals surface area contributed by atoms with Gasteiger partial charge in [-0.25, -0.2) is 9.97 Å². The number of ether oxygens (including phenoxy) is 1. The fraction of sp³-hybridized carbons (Fsp3) is 0.476. The fourth-order valence-electron chi connectivity index (χ4n) is 4.46. The van der Waals surface area contributed by atoms with Gasteiger partial charge in [0.25, 0.3) is 5.91 Å². The van der Waals surface area contributed by atoms with E-state index in [0.717, 1.165) is 38.1 Å². The minimum absolute atomic E-state index is 0.0369. The number of carbonyl (C=O) groups is 1. The number of aryl methyl sites for hydroxylation is 1. The van der Waals surface area contributed by atoms with Crippen LogP contribution >= 0.6 is 0 Å². The molecule has 2 fully saturated rings. The quantitative estimate of drug-likeness (QED) is 0.854. The van der Waals surface area contributed by atoms with Gasteiger partial charge in [0.15, 0.2) is 0 Å².